The molecule has 0 radical (unpaired) electrons. The number of imidazole rings is 1. The monoisotopic (exact) mass is 357 g/mol. The van der Waals surface area contributed by atoms with Crippen LogP contribution in [0.3, 0.4) is 0 Å². The van der Waals surface area contributed by atoms with E-state index in [9.17, 15) is 4.79 Å². The van der Waals surface area contributed by atoms with E-state index in [0.717, 1.165) is 69.3 Å². The lowest BCUT2D eigenvalue weighted by molar-refractivity contribution is 0.145. The van der Waals surface area contributed by atoms with E-state index in [4.69, 9.17) is 0 Å². The highest BCUT2D eigenvalue weighted by molar-refractivity contribution is 5.74. The lowest BCUT2D eigenvalue weighted by atomic mass is 9.97. The van der Waals surface area contributed by atoms with E-state index >= 15 is 0 Å². The van der Waals surface area contributed by atoms with Crippen LogP contribution in [0.25, 0.3) is 0 Å². The van der Waals surface area contributed by atoms with Crippen LogP contribution in [-0.2, 0) is 13.6 Å². The van der Waals surface area contributed by atoms with Gasteiger partial charge in [-0.2, -0.15) is 0 Å². The van der Waals surface area contributed by atoms with E-state index in [1.54, 1.807) is 6.20 Å². The van der Waals surface area contributed by atoms with Crippen molar-refractivity contribution in [2.75, 3.05) is 26.2 Å². The number of aryl methyl sites for hydroxylation is 1. The lowest BCUT2D eigenvalue weighted by Crippen LogP contribution is -2.46. The molecule has 0 aromatic carbocycles. The lowest BCUT2D eigenvalue weighted by Gasteiger charge is -2.34. The molecule has 2 aliphatic heterocycles. The van der Waals surface area contributed by atoms with Crippen molar-refractivity contribution in [3.63, 3.8) is 0 Å². The molecule has 0 N–H and O–H groups in total. The number of piperidine rings is 1. The molecular weight excluding hydrogens is 330 g/mol. The molecular formula is C18H27N7O. The second-order valence-electron chi connectivity index (χ2n) is 7.40. The van der Waals surface area contributed by atoms with Gasteiger partial charge in [-0.15, -0.1) is 10.2 Å². The molecule has 0 aliphatic carbocycles. The number of nitrogens with zero attached hydrogens (tertiary/aromatic N) is 7. The zero-order valence-electron chi connectivity index (χ0n) is 15.6. The van der Waals surface area contributed by atoms with Gasteiger partial charge in [-0.05, 0) is 32.6 Å². The normalized spacial score (nSPS) is 20.8. The Morgan fingerprint density at radius 1 is 1.15 bits per heavy atom. The van der Waals surface area contributed by atoms with Crippen molar-refractivity contribution in [2.45, 2.75) is 45.1 Å². The van der Waals surface area contributed by atoms with Crippen molar-refractivity contribution in [3.05, 3.63) is 29.9 Å². The summed E-state index contributed by atoms with van der Waals surface area (Å²) in [6.45, 7) is 6.05. The number of carbonyl (C=O) groups excluding carboxylic acids is 1. The average molecular weight is 357 g/mol. The first-order valence-electron chi connectivity index (χ1n) is 9.53. The fourth-order valence-corrected chi connectivity index (χ4v) is 4.06. The zero-order valence-corrected chi connectivity index (χ0v) is 15.6. The molecule has 0 saturated carbocycles. The van der Waals surface area contributed by atoms with Gasteiger partial charge in [-0.1, -0.05) is 0 Å². The molecule has 0 bridgehead atoms. The minimum absolute atomic E-state index is 0.198. The predicted octanol–water partition coefficient (Wildman–Crippen LogP) is 1.76. The smallest absolute Gasteiger partial charge is 0.320 e. The first kappa shape index (κ1) is 17.1. The first-order valence-corrected chi connectivity index (χ1v) is 9.53. The number of urea groups is 1. The van der Waals surface area contributed by atoms with Crippen LogP contribution in [0.2, 0.25) is 0 Å². The number of rotatable bonds is 3. The minimum Gasteiger partial charge on any atom is -0.328 e. The third-order valence-electron chi connectivity index (χ3n) is 5.67. The fourth-order valence-electron chi connectivity index (χ4n) is 4.06. The first-order chi connectivity index (χ1) is 12.6. The fraction of sp³-hybridized carbons (Fsp3) is 0.667. The number of likely N-dealkylation sites (tertiary alicyclic amines) is 2. The Hall–Kier alpha value is -2.38. The van der Waals surface area contributed by atoms with Crippen molar-refractivity contribution in [1.29, 1.82) is 0 Å². The van der Waals surface area contributed by atoms with Gasteiger partial charge in [0, 0.05) is 51.5 Å². The summed E-state index contributed by atoms with van der Waals surface area (Å²) in [4.78, 5) is 21.0. The van der Waals surface area contributed by atoms with Crippen LogP contribution in [0.1, 0.15) is 49.1 Å². The Morgan fingerprint density at radius 2 is 1.92 bits per heavy atom. The molecule has 0 spiro atoms. The van der Waals surface area contributed by atoms with Crippen LogP contribution in [0, 0.1) is 6.92 Å². The van der Waals surface area contributed by atoms with E-state index in [1.165, 1.54) is 0 Å². The maximum Gasteiger partial charge on any atom is 0.320 e. The van der Waals surface area contributed by atoms with Crippen molar-refractivity contribution >= 4 is 6.03 Å². The topological polar surface area (TPSA) is 72.1 Å². The summed E-state index contributed by atoms with van der Waals surface area (Å²) >= 11 is 0. The van der Waals surface area contributed by atoms with Crippen LogP contribution in [0.5, 0.6) is 0 Å². The molecule has 2 aromatic heterocycles. The van der Waals surface area contributed by atoms with Gasteiger partial charge < -0.3 is 18.9 Å². The predicted molar refractivity (Wildman–Crippen MR) is 96.8 cm³/mol. The Morgan fingerprint density at radius 3 is 2.65 bits per heavy atom. The van der Waals surface area contributed by atoms with E-state index in [1.807, 2.05) is 30.0 Å². The van der Waals surface area contributed by atoms with E-state index in [-0.39, 0.29) is 11.9 Å². The van der Waals surface area contributed by atoms with Gasteiger partial charge in [0.25, 0.3) is 0 Å². The maximum absolute atomic E-state index is 12.7. The number of amides is 2. The molecule has 140 valence electrons. The molecule has 2 saturated heterocycles. The number of hydrogen-bond acceptors (Lipinski definition) is 4. The van der Waals surface area contributed by atoms with Gasteiger partial charge in [0.1, 0.15) is 11.6 Å². The number of carbonyl (C=O) groups is 1. The Bertz CT molecular complexity index is 774. The Balaban J connectivity index is 1.47. The SMILES string of the molecule is Cc1nccn1Cc1nnc(C2CCCN(C(=O)N3CCCC3)C2)n1C. The maximum atomic E-state index is 12.7. The molecule has 4 rings (SSSR count). The third-order valence-corrected chi connectivity index (χ3v) is 5.67. The highest BCUT2D eigenvalue weighted by atomic mass is 16.2. The molecule has 2 aromatic rings. The Labute approximate surface area is 153 Å². The Kier molecular flexibility index (Phi) is 4.65. The molecule has 2 amide bonds. The quantitative estimate of drug-likeness (QED) is 0.839. The molecule has 1 atom stereocenters. The molecule has 8 heteroatoms. The molecule has 2 fully saturated rings. The van der Waals surface area contributed by atoms with Gasteiger partial charge >= 0.3 is 6.03 Å². The van der Waals surface area contributed by atoms with Crippen LogP contribution in [-0.4, -0.2) is 66.3 Å². The van der Waals surface area contributed by atoms with Crippen molar-refractivity contribution in [3.8, 4) is 0 Å². The second kappa shape index (κ2) is 7.09. The standard InChI is InChI=1S/C18H27N7O/c1-14-19-7-11-24(14)13-16-20-21-17(22(16)2)15-6-5-10-25(12-15)18(26)23-8-3-4-9-23/h7,11,15H,3-6,8-10,12-13H2,1-2H3. The van der Waals surface area contributed by atoms with Crippen LogP contribution >= 0.6 is 0 Å². The van der Waals surface area contributed by atoms with E-state index in [2.05, 4.69) is 24.3 Å². The number of hydrogen-bond donors (Lipinski definition) is 0. The average Bonchev–Trinajstić information content (AvgIpc) is 3.39. The summed E-state index contributed by atoms with van der Waals surface area (Å²) in [5.74, 6) is 3.13. The summed E-state index contributed by atoms with van der Waals surface area (Å²) in [5, 5.41) is 8.87. The second-order valence-corrected chi connectivity index (χ2v) is 7.40. The van der Waals surface area contributed by atoms with E-state index in [0.29, 0.717) is 6.54 Å². The van der Waals surface area contributed by atoms with Gasteiger partial charge in [0.2, 0.25) is 0 Å². The summed E-state index contributed by atoms with van der Waals surface area (Å²) in [6.07, 6.45) is 8.09. The van der Waals surface area contributed by atoms with Crippen LogP contribution < -0.4 is 0 Å². The molecule has 26 heavy (non-hydrogen) atoms. The van der Waals surface area contributed by atoms with Gasteiger partial charge in [-0.3, -0.25) is 0 Å². The molecule has 8 nitrogen and oxygen atoms in total. The molecule has 1 unspecified atom stereocenters. The van der Waals surface area contributed by atoms with Crippen molar-refractivity contribution < 1.29 is 4.79 Å². The third kappa shape index (κ3) is 3.20. The summed E-state index contributed by atoms with van der Waals surface area (Å²) < 4.78 is 4.16. The van der Waals surface area contributed by atoms with Gasteiger partial charge in [0.05, 0.1) is 6.54 Å². The zero-order chi connectivity index (χ0) is 18.1. The van der Waals surface area contributed by atoms with E-state index < -0.39 is 0 Å². The van der Waals surface area contributed by atoms with Crippen molar-refractivity contribution in [1.82, 2.24) is 34.1 Å². The van der Waals surface area contributed by atoms with Crippen LogP contribution in [0.15, 0.2) is 12.4 Å². The number of aromatic nitrogens is 5. The highest BCUT2D eigenvalue weighted by Crippen LogP contribution is 2.27. The van der Waals surface area contributed by atoms with Crippen LogP contribution in [0.4, 0.5) is 4.79 Å². The summed E-state index contributed by atoms with van der Waals surface area (Å²) in [6, 6.07) is 0.198. The largest absolute Gasteiger partial charge is 0.328 e. The summed E-state index contributed by atoms with van der Waals surface area (Å²) in [5.41, 5.74) is 0. The summed E-state index contributed by atoms with van der Waals surface area (Å²) in [7, 11) is 2.03. The minimum atomic E-state index is 0.198. The molecule has 2 aliphatic rings. The van der Waals surface area contributed by atoms with Gasteiger partial charge in [-0.25, -0.2) is 9.78 Å². The van der Waals surface area contributed by atoms with Gasteiger partial charge in [0.15, 0.2) is 5.82 Å². The molecule has 4 heterocycles. The highest BCUT2D eigenvalue weighted by Gasteiger charge is 2.31. The van der Waals surface area contributed by atoms with Crippen molar-refractivity contribution in [2.24, 2.45) is 7.05 Å².